The number of rotatable bonds is 7. The van der Waals surface area contributed by atoms with Gasteiger partial charge in [0.05, 0.1) is 36.5 Å². The molecule has 10 nitrogen and oxygen atoms in total. The Kier molecular flexibility index (Phi) is 5.54. The van der Waals surface area contributed by atoms with E-state index in [1.807, 2.05) is 11.3 Å². The number of morpholine rings is 1. The van der Waals surface area contributed by atoms with Gasteiger partial charge in [-0.2, -0.15) is 5.10 Å². The van der Waals surface area contributed by atoms with Crippen molar-refractivity contribution in [2.75, 3.05) is 44.7 Å². The predicted octanol–water partition coefficient (Wildman–Crippen LogP) is 1.12. The van der Waals surface area contributed by atoms with Gasteiger partial charge in [0.15, 0.2) is 0 Å². The number of fused-ring (bicyclic) bond motifs is 1. The molecule has 1 aliphatic rings. The quantitative estimate of drug-likeness (QED) is 0.408. The highest BCUT2D eigenvalue weighted by atomic mass is 16.5. The third-order valence-corrected chi connectivity index (χ3v) is 4.95. The summed E-state index contributed by atoms with van der Waals surface area (Å²) in [6, 6.07) is 3.52. The number of pyridine rings is 1. The molecule has 3 aromatic heterocycles. The highest BCUT2D eigenvalue weighted by molar-refractivity contribution is 5.94. The van der Waals surface area contributed by atoms with Crippen LogP contribution >= 0.6 is 0 Å². The van der Waals surface area contributed by atoms with Gasteiger partial charge in [-0.3, -0.25) is 14.1 Å². The molecule has 0 bridgehead atoms. The third kappa shape index (κ3) is 3.98. The topological polar surface area (TPSA) is 112 Å². The summed E-state index contributed by atoms with van der Waals surface area (Å²) in [5, 5.41) is 6.95. The van der Waals surface area contributed by atoms with Gasteiger partial charge in [-0.1, -0.05) is 0 Å². The van der Waals surface area contributed by atoms with E-state index in [1.54, 1.807) is 24.7 Å². The maximum atomic E-state index is 12.2. The number of amides is 1. The Morgan fingerprint density at radius 1 is 1.38 bits per heavy atom. The number of nitrogens with zero attached hydrogens (tertiary/aromatic N) is 5. The van der Waals surface area contributed by atoms with Gasteiger partial charge in [0.25, 0.3) is 5.91 Å². The lowest BCUT2D eigenvalue weighted by atomic mass is 10.2. The molecule has 0 saturated carbocycles. The van der Waals surface area contributed by atoms with E-state index in [2.05, 4.69) is 37.4 Å². The number of carbonyl (C=O) groups excluding carboxylic acids is 1. The Bertz CT molecular complexity index is 1020. The van der Waals surface area contributed by atoms with Crippen molar-refractivity contribution in [2.24, 2.45) is 5.10 Å². The normalized spacial score (nSPS) is 14.8. The molecule has 0 unspecified atom stereocenters. The molecule has 1 aliphatic heterocycles. The number of carbonyl (C=O) groups is 1. The number of hydrogen-bond acceptors (Lipinski definition) is 7. The number of nitrogens with one attached hydrogen (secondary N) is 3. The molecule has 1 fully saturated rings. The SMILES string of the molecule is C=NNC(=O)c1ccc2nc(-c3[nH]cnc3C)c(NCCN3CCOCC3)n2c1. The average molecular weight is 396 g/mol. The minimum atomic E-state index is -0.325. The van der Waals surface area contributed by atoms with E-state index in [9.17, 15) is 4.79 Å². The third-order valence-electron chi connectivity index (χ3n) is 4.95. The molecule has 3 aromatic rings. The van der Waals surface area contributed by atoms with Crippen molar-refractivity contribution in [3.05, 3.63) is 35.9 Å². The van der Waals surface area contributed by atoms with Crippen LogP contribution < -0.4 is 10.7 Å². The van der Waals surface area contributed by atoms with Gasteiger partial charge in [0, 0.05) is 39.1 Å². The number of H-pyrrole nitrogens is 1. The molecule has 0 spiro atoms. The molecule has 10 heteroatoms. The Hall–Kier alpha value is -3.24. The summed E-state index contributed by atoms with van der Waals surface area (Å²) in [4.78, 5) is 26.7. The first-order chi connectivity index (χ1) is 14.2. The molecule has 0 atom stereocenters. The Morgan fingerprint density at radius 2 is 2.21 bits per heavy atom. The molecule has 152 valence electrons. The van der Waals surface area contributed by atoms with Crippen LogP contribution in [-0.4, -0.2) is 76.3 Å². The van der Waals surface area contributed by atoms with Crippen LogP contribution in [0, 0.1) is 6.92 Å². The Morgan fingerprint density at radius 3 is 2.93 bits per heavy atom. The molecule has 0 radical (unpaired) electrons. The summed E-state index contributed by atoms with van der Waals surface area (Å²) in [6.45, 7) is 10.3. The van der Waals surface area contributed by atoms with Crippen LogP contribution in [0.1, 0.15) is 16.1 Å². The van der Waals surface area contributed by atoms with E-state index in [0.717, 1.165) is 67.9 Å². The molecule has 4 rings (SSSR count). The van der Waals surface area contributed by atoms with E-state index in [1.165, 1.54) is 0 Å². The number of imidazole rings is 2. The van der Waals surface area contributed by atoms with Gasteiger partial charge in [-0.25, -0.2) is 15.4 Å². The summed E-state index contributed by atoms with van der Waals surface area (Å²) in [7, 11) is 0. The van der Waals surface area contributed by atoms with Gasteiger partial charge in [-0.05, 0) is 19.1 Å². The van der Waals surface area contributed by atoms with Crippen LogP contribution in [0.4, 0.5) is 5.82 Å². The lowest BCUT2D eigenvalue weighted by Crippen LogP contribution is -2.39. The maximum absolute atomic E-state index is 12.2. The van der Waals surface area contributed by atoms with Gasteiger partial charge >= 0.3 is 0 Å². The second kappa shape index (κ2) is 8.41. The first-order valence-electron chi connectivity index (χ1n) is 9.50. The molecular formula is C19H24N8O2. The Labute approximate surface area is 168 Å². The van der Waals surface area contributed by atoms with Crippen LogP contribution in [0.25, 0.3) is 17.0 Å². The molecule has 1 saturated heterocycles. The van der Waals surface area contributed by atoms with Crippen molar-refractivity contribution in [1.82, 2.24) is 29.7 Å². The summed E-state index contributed by atoms with van der Waals surface area (Å²) in [5.41, 5.74) is 6.03. The van der Waals surface area contributed by atoms with Gasteiger partial charge in [-0.15, -0.1) is 0 Å². The number of aryl methyl sites for hydroxylation is 1. The zero-order valence-corrected chi connectivity index (χ0v) is 16.3. The van der Waals surface area contributed by atoms with Gasteiger partial charge < -0.3 is 15.0 Å². The lowest BCUT2D eigenvalue weighted by molar-refractivity contribution is 0.0398. The summed E-state index contributed by atoms with van der Waals surface area (Å²) < 4.78 is 7.29. The first-order valence-corrected chi connectivity index (χ1v) is 9.50. The van der Waals surface area contributed by atoms with Crippen LogP contribution in [0.2, 0.25) is 0 Å². The zero-order valence-electron chi connectivity index (χ0n) is 16.3. The molecule has 4 heterocycles. The van der Waals surface area contributed by atoms with Crippen LogP contribution in [-0.2, 0) is 4.74 Å². The van der Waals surface area contributed by atoms with Crippen molar-refractivity contribution in [1.29, 1.82) is 0 Å². The fourth-order valence-corrected chi connectivity index (χ4v) is 3.42. The van der Waals surface area contributed by atoms with E-state index in [0.29, 0.717) is 5.56 Å². The highest BCUT2D eigenvalue weighted by Gasteiger charge is 2.19. The molecule has 1 amide bonds. The van der Waals surface area contributed by atoms with E-state index in [-0.39, 0.29) is 5.91 Å². The summed E-state index contributed by atoms with van der Waals surface area (Å²) in [5.74, 6) is 0.482. The molecular weight excluding hydrogens is 372 g/mol. The number of hydrazone groups is 1. The molecule has 3 N–H and O–H groups in total. The number of aromatic amines is 1. The maximum Gasteiger partial charge on any atom is 0.272 e. The van der Waals surface area contributed by atoms with Crippen molar-refractivity contribution < 1.29 is 9.53 Å². The monoisotopic (exact) mass is 396 g/mol. The second-order valence-corrected chi connectivity index (χ2v) is 6.80. The van der Waals surface area contributed by atoms with E-state index < -0.39 is 0 Å². The number of hydrogen-bond donors (Lipinski definition) is 3. The molecule has 0 aliphatic carbocycles. The van der Waals surface area contributed by atoms with Gasteiger partial charge in [0.2, 0.25) is 0 Å². The standard InChI is InChI=1S/C19H24N8O2/c1-13-16(23-12-22-13)17-18(21-5-6-26-7-9-29-10-8-26)27-11-14(19(28)25-20-2)3-4-15(27)24-17/h3-4,11-12,21H,2,5-10H2,1H3,(H,22,23)(H,25,28). The minimum absolute atomic E-state index is 0.325. The Balaban J connectivity index is 1.67. The fourth-order valence-electron chi connectivity index (χ4n) is 3.42. The number of ether oxygens (including phenoxy) is 1. The van der Waals surface area contributed by atoms with Crippen LogP contribution in [0.5, 0.6) is 0 Å². The molecule has 0 aromatic carbocycles. The average Bonchev–Trinajstić information content (AvgIpc) is 3.31. The smallest absolute Gasteiger partial charge is 0.272 e. The van der Waals surface area contributed by atoms with E-state index >= 15 is 0 Å². The molecule has 29 heavy (non-hydrogen) atoms. The zero-order chi connectivity index (χ0) is 20.2. The fraction of sp³-hybridized carbons (Fsp3) is 0.368. The van der Waals surface area contributed by atoms with Gasteiger partial charge in [0.1, 0.15) is 17.2 Å². The van der Waals surface area contributed by atoms with Crippen molar-refractivity contribution in [3.8, 4) is 11.4 Å². The second-order valence-electron chi connectivity index (χ2n) is 6.80. The number of anilines is 1. The van der Waals surface area contributed by atoms with Crippen molar-refractivity contribution in [2.45, 2.75) is 6.92 Å². The minimum Gasteiger partial charge on any atom is -0.379 e. The predicted molar refractivity (Wildman–Crippen MR) is 110 cm³/mol. The lowest BCUT2D eigenvalue weighted by Gasteiger charge is -2.26. The summed E-state index contributed by atoms with van der Waals surface area (Å²) in [6.07, 6.45) is 3.40. The van der Waals surface area contributed by atoms with Crippen LogP contribution in [0.3, 0.4) is 0 Å². The first kappa shape index (κ1) is 19.1. The van der Waals surface area contributed by atoms with Crippen molar-refractivity contribution in [3.63, 3.8) is 0 Å². The number of aromatic nitrogens is 4. The van der Waals surface area contributed by atoms with E-state index in [4.69, 9.17) is 9.72 Å². The van der Waals surface area contributed by atoms with Crippen LogP contribution in [0.15, 0.2) is 29.8 Å². The van der Waals surface area contributed by atoms with Crippen molar-refractivity contribution >= 4 is 24.1 Å². The summed E-state index contributed by atoms with van der Waals surface area (Å²) >= 11 is 0. The largest absolute Gasteiger partial charge is 0.379 e. The highest BCUT2D eigenvalue weighted by Crippen LogP contribution is 2.29.